The molecule has 1 heterocycles. The fraction of sp³-hybridized carbons (Fsp3) is 0.381. The van der Waals surface area contributed by atoms with Gasteiger partial charge in [0.05, 0.1) is 11.2 Å². The first kappa shape index (κ1) is 24.0. The minimum atomic E-state index is -2.14. The largest absolute Gasteiger partial charge is 0.495 e. The van der Waals surface area contributed by atoms with Crippen molar-refractivity contribution in [3.05, 3.63) is 63.9 Å². The predicted molar refractivity (Wildman–Crippen MR) is 119 cm³/mol. The molecular formula is C21H24BClFNO5S. The summed E-state index contributed by atoms with van der Waals surface area (Å²) in [6.07, 6.45) is 0.350. The lowest BCUT2D eigenvalue weighted by Gasteiger charge is -2.32. The Balaban J connectivity index is 2.04. The molecule has 1 aliphatic rings. The number of benzene rings is 2. The topological polar surface area (TPSA) is 84.9 Å². The summed E-state index contributed by atoms with van der Waals surface area (Å²) in [4.78, 5) is 13.2. The summed E-state index contributed by atoms with van der Waals surface area (Å²) in [5.74, 6) is -0.780. The second kappa shape index (κ2) is 9.09. The van der Waals surface area contributed by atoms with Gasteiger partial charge in [0.1, 0.15) is 5.82 Å². The Bertz CT molecular complexity index is 1000. The van der Waals surface area contributed by atoms with Crippen LogP contribution in [0.3, 0.4) is 0 Å². The van der Waals surface area contributed by atoms with Crippen molar-refractivity contribution in [1.82, 2.24) is 4.72 Å². The first-order chi connectivity index (χ1) is 14.4. The van der Waals surface area contributed by atoms with E-state index in [-0.39, 0.29) is 17.9 Å². The second-order valence-electron chi connectivity index (χ2n) is 8.35. The Hall–Kier alpha value is -1.62. The van der Waals surface area contributed by atoms with Crippen LogP contribution in [0.1, 0.15) is 49.2 Å². The van der Waals surface area contributed by atoms with E-state index in [2.05, 4.69) is 4.72 Å². The molecule has 1 atom stereocenters. The molecule has 0 aromatic heterocycles. The number of rotatable bonds is 7. The van der Waals surface area contributed by atoms with Gasteiger partial charge < -0.3 is 9.31 Å². The standard InChI is InChI=1S/C21H24BClFNO5S/c1-20(2)21(3,4)30-22(29-20)17-11-14(9-10-25-31(27)28)18(23)12-16(17)19(26)13-5-7-15(24)8-6-13/h5-8,11-12,25H,9-10H2,1-4H3,(H,27,28). The summed E-state index contributed by atoms with van der Waals surface area (Å²) in [6.45, 7) is 7.84. The molecule has 6 nitrogen and oxygen atoms in total. The van der Waals surface area contributed by atoms with E-state index in [1.165, 1.54) is 24.3 Å². The van der Waals surface area contributed by atoms with Crippen molar-refractivity contribution in [2.45, 2.75) is 45.3 Å². The molecular weight excluding hydrogens is 444 g/mol. The predicted octanol–water partition coefficient (Wildman–Crippen LogP) is 3.28. The lowest BCUT2D eigenvalue weighted by molar-refractivity contribution is 0.00578. The molecule has 1 fully saturated rings. The fourth-order valence-electron chi connectivity index (χ4n) is 3.22. The Morgan fingerprint density at radius 2 is 1.74 bits per heavy atom. The highest BCUT2D eigenvalue weighted by Crippen LogP contribution is 2.37. The smallest absolute Gasteiger partial charge is 0.399 e. The van der Waals surface area contributed by atoms with Crippen LogP contribution >= 0.6 is 11.6 Å². The molecule has 2 N–H and O–H groups in total. The van der Waals surface area contributed by atoms with Crippen LogP contribution in [0, 0.1) is 5.82 Å². The van der Waals surface area contributed by atoms with Crippen molar-refractivity contribution in [3.8, 4) is 0 Å². The average molecular weight is 468 g/mol. The van der Waals surface area contributed by atoms with Crippen LogP contribution in [0.2, 0.25) is 5.02 Å². The van der Waals surface area contributed by atoms with Crippen molar-refractivity contribution < 1.29 is 27.3 Å². The van der Waals surface area contributed by atoms with E-state index < -0.39 is 35.4 Å². The molecule has 0 radical (unpaired) electrons. The maximum atomic E-state index is 13.3. The van der Waals surface area contributed by atoms with Gasteiger partial charge in [0, 0.05) is 22.7 Å². The number of carbonyl (C=O) groups is 1. The summed E-state index contributed by atoms with van der Waals surface area (Å²) >= 11 is 4.29. The number of ketones is 1. The summed E-state index contributed by atoms with van der Waals surface area (Å²) in [5, 5.41) is 0.330. The third-order valence-corrected chi connectivity index (χ3v) is 6.50. The Labute approximate surface area is 189 Å². The first-order valence-electron chi connectivity index (χ1n) is 9.74. The summed E-state index contributed by atoms with van der Waals surface area (Å²) in [7, 11) is -0.819. The van der Waals surface area contributed by atoms with E-state index in [1.807, 2.05) is 27.7 Å². The third kappa shape index (κ3) is 5.24. The summed E-state index contributed by atoms with van der Waals surface area (Å²) in [6, 6.07) is 8.53. The van der Waals surface area contributed by atoms with Gasteiger partial charge in [-0.2, -0.15) is 0 Å². The van der Waals surface area contributed by atoms with E-state index in [0.29, 0.717) is 28.0 Å². The van der Waals surface area contributed by atoms with E-state index in [9.17, 15) is 13.4 Å². The molecule has 10 heteroatoms. The van der Waals surface area contributed by atoms with Gasteiger partial charge in [0.25, 0.3) is 0 Å². The SMILES string of the molecule is CC1(C)OB(c2cc(CCNS(=O)O)c(Cl)cc2C(=O)c2ccc(F)cc2)OC1(C)C. The number of halogens is 2. The Kier molecular flexibility index (Phi) is 7.05. The highest BCUT2D eigenvalue weighted by molar-refractivity contribution is 7.77. The Morgan fingerprint density at radius 1 is 1.16 bits per heavy atom. The van der Waals surface area contributed by atoms with E-state index >= 15 is 0 Å². The minimum absolute atomic E-state index is 0.205. The van der Waals surface area contributed by atoms with Crippen molar-refractivity contribution in [3.63, 3.8) is 0 Å². The number of nitrogens with one attached hydrogen (secondary N) is 1. The molecule has 0 bridgehead atoms. The molecule has 0 amide bonds. The molecule has 2 aromatic carbocycles. The van der Waals surface area contributed by atoms with E-state index in [0.717, 1.165) is 0 Å². The normalized spacial score (nSPS) is 18.2. The van der Waals surface area contributed by atoms with Gasteiger partial charge in [-0.05, 0) is 75.5 Å². The zero-order valence-electron chi connectivity index (χ0n) is 17.7. The van der Waals surface area contributed by atoms with Crippen LogP contribution in [0.5, 0.6) is 0 Å². The Morgan fingerprint density at radius 3 is 2.29 bits per heavy atom. The molecule has 3 rings (SSSR count). The number of carbonyl (C=O) groups excluding carboxylic acids is 1. The quantitative estimate of drug-likeness (QED) is 0.371. The molecule has 166 valence electrons. The van der Waals surface area contributed by atoms with Gasteiger partial charge in [-0.3, -0.25) is 9.35 Å². The zero-order chi connectivity index (χ0) is 23.0. The minimum Gasteiger partial charge on any atom is -0.399 e. The van der Waals surface area contributed by atoms with Gasteiger partial charge in [0.15, 0.2) is 5.78 Å². The maximum absolute atomic E-state index is 13.3. The molecule has 1 saturated heterocycles. The molecule has 2 aromatic rings. The van der Waals surface area contributed by atoms with Crippen LogP contribution in [0.15, 0.2) is 36.4 Å². The lowest BCUT2D eigenvalue weighted by atomic mass is 9.73. The van der Waals surface area contributed by atoms with Gasteiger partial charge in [0.2, 0.25) is 11.3 Å². The molecule has 0 aliphatic carbocycles. The second-order valence-corrected chi connectivity index (χ2v) is 9.54. The maximum Gasteiger partial charge on any atom is 0.495 e. The van der Waals surface area contributed by atoms with Crippen molar-refractivity contribution in [2.75, 3.05) is 6.54 Å². The van der Waals surface area contributed by atoms with Crippen molar-refractivity contribution in [1.29, 1.82) is 0 Å². The zero-order valence-corrected chi connectivity index (χ0v) is 19.3. The highest BCUT2D eigenvalue weighted by Gasteiger charge is 2.52. The van der Waals surface area contributed by atoms with Gasteiger partial charge in [-0.1, -0.05) is 17.7 Å². The fourth-order valence-corrected chi connectivity index (χ4v) is 3.76. The van der Waals surface area contributed by atoms with Crippen molar-refractivity contribution >= 4 is 41.2 Å². The van der Waals surface area contributed by atoms with Crippen LogP contribution in [-0.4, -0.2) is 39.4 Å². The third-order valence-electron chi connectivity index (χ3n) is 5.70. The molecule has 1 aliphatic heterocycles. The number of hydrogen-bond donors (Lipinski definition) is 2. The van der Waals surface area contributed by atoms with Crippen molar-refractivity contribution in [2.24, 2.45) is 0 Å². The van der Waals surface area contributed by atoms with Crippen LogP contribution in [0.25, 0.3) is 0 Å². The summed E-state index contributed by atoms with van der Waals surface area (Å²) < 4.78 is 47.8. The molecule has 1 unspecified atom stereocenters. The number of hydrogen-bond acceptors (Lipinski definition) is 4. The van der Waals surface area contributed by atoms with Gasteiger partial charge >= 0.3 is 7.12 Å². The van der Waals surface area contributed by atoms with Crippen LogP contribution in [0.4, 0.5) is 4.39 Å². The summed E-state index contributed by atoms with van der Waals surface area (Å²) in [5.41, 5.74) is 0.516. The highest BCUT2D eigenvalue weighted by atomic mass is 35.5. The van der Waals surface area contributed by atoms with Gasteiger partial charge in [-0.25, -0.2) is 13.3 Å². The monoisotopic (exact) mass is 467 g/mol. The molecule has 0 spiro atoms. The average Bonchev–Trinajstić information content (AvgIpc) is 2.89. The van der Waals surface area contributed by atoms with Crippen LogP contribution < -0.4 is 10.2 Å². The van der Waals surface area contributed by atoms with E-state index in [4.69, 9.17) is 25.5 Å². The van der Waals surface area contributed by atoms with E-state index in [1.54, 1.807) is 12.1 Å². The molecule has 31 heavy (non-hydrogen) atoms. The van der Waals surface area contributed by atoms with Gasteiger partial charge in [-0.15, -0.1) is 0 Å². The molecule has 0 saturated carbocycles. The lowest BCUT2D eigenvalue weighted by Crippen LogP contribution is -2.41. The van der Waals surface area contributed by atoms with Crippen LogP contribution in [-0.2, 0) is 27.0 Å². The first-order valence-corrected chi connectivity index (χ1v) is 11.2.